The third-order valence-electron chi connectivity index (χ3n) is 2.85. The van der Waals surface area contributed by atoms with Gasteiger partial charge < -0.3 is 9.52 Å². The molecule has 0 fully saturated rings. The van der Waals surface area contributed by atoms with Crippen molar-refractivity contribution >= 4 is 12.0 Å². The van der Waals surface area contributed by atoms with Crippen molar-refractivity contribution in [3.8, 4) is 17.4 Å². The molecular weight excluding hydrogens is 266 g/mol. The van der Waals surface area contributed by atoms with Crippen LogP contribution >= 0.6 is 0 Å². The average Bonchev–Trinajstić information content (AvgIpc) is 2.87. The third kappa shape index (κ3) is 2.97. The van der Waals surface area contributed by atoms with Crippen LogP contribution in [0.2, 0.25) is 0 Å². The quantitative estimate of drug-likeness (QED) is 0.745. The summed E-state index contributed by atoms with van der Waals surface area (Å²) in [5.74, 6) is 0.649. The number of aliphatic imine (C=N–C) groups is 1. The highest BCUT2D eigenvalue weighted by molar-refractivity contribution is 5.82. The summed E-state index contributed by atoms with van der Waals surface area (Å²) in [6, 6.07) is 14.9. The van der Waals surface area contributed by atoms with Gasteiger partial charge in [0.25, 0.3) is 0 Å². The molecular formula is C16H13N3O2. The van der Waals surface area contributed by atoms with Gasteiger partial charge >= 0.3 is 5.95 Å². The Morgan fingerprint density at radius 2 is 1.86 bits per heavy atom. The summed E-state index contributed by atoms with van der Waals surface area (Å²) in [6.45, 7) is 1.89. The number of aryl methyl sites for hydroxylation is 1. The lowest BCUT2D eigenvalue weighted by Gasteiger charge is -1.93. The molecule has 0 saturated carbocycles. The second kappa shape index (κ2) is 5.58. The maximum atomic E-state index is 9.78. The normalized spacial score (nSPS) is 11.1. The van der Waals surface area contributed by atoms with E-state index in [0.29, 0.717) is 11.7 Å². The van der Waals surface area contributed by atoms with Gasteiger partial charge in [-0.1, -0.05) is 24.3 Å². The third-order valence-corrected chi connectivity index (χ3v) is 2.85. The lowest BCUT2D eigenvalue weighted by atomic mass is 10.2. The van der Waals surface area contributed by atoms with Crippen LogP contribution in [-0.4, -0.2) is 21.3 Å². The zero-order chi connectivity index (χ0) is 14.7. The van der Waals surface area contributed by atoms with Gasteiger partial charge in [0.15, 0.2) is 11.5 Å². The van der Waals surface area contributed by atoms with Crippen LogP contribution in [0.3, 0.4) is 0 Å². The monoisotopic (exact) mass is 279 g/mol. The van der Waals surface area contributed by atoms with Gasteiger partial charge in [-0.25, -0.2) is 15.0 Å². The van der Waals surface area contributed by atoms with Crippen LogP contribution in [0, 0.1) is 6.92 Å². The van der Waals surface area contributed by atoms with E-state index in [9.17, 15) is 5.11 Å². The van der Waals surface area contributed by atoms with E-state index in [1.165, 1.54) is 6.21 Å². The van der Waals surface area contributed by atoms with Crippen LogP contribution in [0.4, 0.5) is 5.82 Å². The first-order valence-electron chi connectivity index (χ1n) is 6.45. The van der Waals surface area contributed by atoms with Gasteiger partial charge in [-0.15, -0.1) is 0 Å². The second-order valence-electron chi connectivity index (χ2n) is 4.47. The highest BCUT2D eigenvalue weighted by atomic mass is 16.5. The van der Waals surface area contributed by atoms with Gasteiger partial charge in [0.2, 0.25) is 5.89 Å². The Hall–Kier alpha value is -2.95. The molecule has 0 amide bonds. The molecule has 5 heteroatoms. The van der Waals surface area contributed by atoms with E-state index in [4.69, 9.17) is 4.42 Å². The Morgan fingerprint density at radius 1 is 1.05 bits per heavy atom. The van der Waals surface area contributed by atoms with E-state index in [2.05, 4.69) is 15.0 Å². The van der Waals surface area contributed by atoms with Gasteiger partial charge in [0.1, 0.15) is 0 Å². The van der Waals surface area contributed by atoms with E-state index >= 15 is 0 Å². The number of aromatic hydroxyl groups is 1. The van der Waals surface area contributed by atoms with Gasteiger partial charge in [0, 0.05) is 11.3 Å². The maximum Gasteiger partial charge on any atom is 0.312 e. The predicted octanol–water partition coefficient (Wildman–Crippen LogP) is 3.50. The van der Waals surface area contributed by atoms with E-state index in [-0.39, 0.29) is 11.6 Å². The average molecular weight is 279 g/mol. The summed E-state index contributed by atoms with van der Waals surface area (Å²) < 4.78 is 5.25. The van der Waals surface area contributed by atoms with Crippen molar-refractivity contribution in [2.45, 2.75) is 6.92 Å². The molecule has 0 spiro atoms. The Kier molecular flexibility index (Phi) is 3.47. The summed E-state index contributed by atoms with van der Waals surface area (Å²) in [4.78, 5) is 12.7. The van der Waals surface area contributed by atoms with Gasteiger partial charge in [-0.3, -0.25) is 0 Å². The first kappa shape index (κ1) is 13.1. The molecule has 1 N–H and O–H groups in total. The molecule has 0 atom stereocenters. The molecule has 0 radical (unpaired) electrons. The van der Waals surface area contributed by atoms with Crippen LogP contribution in [0.25, 0.3) is 11.5 Å². The molecule has 0 aliphatic heterocycles. The maximum absolute atomic E-state index is 9.78. The number of rotatable bonds is 3. The SMILES string of the molecule is Cc1cccc(/N=C/c2nc(-c3ccccc3)oc2O)n1. The number of nitrogens with zero attached hydrogens (tertiary/aromatic N) is 3. The van der Waals surface area contributed by atoms with Crippen LogP contribution < -0.4 is 0 Å². The molecule has 3 aromatic rings. The Bertz CT molecular complexity index is 779. The fourth-order valence-corrected chi connectivity index (χ4v) is 1.84. The molecule has 1 aromatic carbocycles. The molecule has 104 valence electrons. The minimum atomic E-state index is -0.259. The first-order valence-corrected chi connectivity index (χ1v) is 6.45. The molecule has 0 unspecified atom stereocenters. The molecule has 21 heavy (non-hydrogen) atoms. The van der Waals surface area contributed by atoms with Gasteiger partial charge in [-0.05, 0) is 31.2 Å². The molecule has 0 aliphatic carbocycles. The summed E-state index contributed by atoms with van der Waals surface area (Å²) >= 11 is 0. The zero-order valence-electron chi connectivity index (χ0n) is 11.4. The van der Waals surface area contributed by atoms with Gasteiger partial charge in [-0.2, -0.15) is 0 Å². The molecule has 2 heterocycles. The summed E-state index contributed by atoms with van der Waals surface area (Å²) in [7, 11) is 0. The predicted molar refractivity (Wildman–Crippen MR) is 79.8 cm³/mol. The van der Waals surface area contributed by atoms with Crippen molar-refractivity contribution in [1.82, 2.24) is 9.97 Å². The molecule has 0 saturated heterocycles. The molecule has 5 nitrogen and oxygen atoms in total. The summed E-state index contributed by atoms with van der Waals surface area (Å²) in [5.41, 5.74) is 1.94. The lowest BCUT2D eigenvalue weighted by molar-refractivity contribution is 0.337. The number of hydrogen-bond donors (Lipinski definition) is 1. The molecule has 0 bridgehead atoms. The van der Waals surface area contributed by atoms with Crippen molar-refractivity contribution in [2.75, 3.05) is 0 Å². The van der Waals surface area contributed by atoms with Gasteiger partial charge in [0.05, 0.1) is 6.21 Å². The standard InChI is InChI=1S/C16H13N3O2/c1-11-6-5-9-14(18-11)17-10-13-16(20)21-15(19-13)12-7-3-2-4-8-12/h2-10,20H,1H3/b17-10+. The fraction of sp³-hybridized carbons (Fsp3) is 0.0625. The van der Waals surface area contributed by atoms with E-state index in [1.807, 2.05) is 49.4 Å². The highest BCUT2D eigenvalue weighted by Gasteiger charge is 2.11. The van der Waals surface area contributed by atoms with Crippen molar-refractivity contribution in [1.29, 1.82) is 0 Å². The number of pyridine rings is 1. The molecule has 3 rings (SSSR count). The molecule has 2 aromatic heterocycles. The van der Waals surface area contributed by atoms with Crippen LogP contribution in [0.1, 0.15) is 11.4 Å². The number of hydrogen-bond acceptors (Lipinski definition) is 5. The second-order valence-corrected chi connectivity index (χ2v) is 4.47. The van der Waals surface area contributed by atoms with E-state index in [0.717, 1.165) is 11.3 Å². The highest BCUT2D eigenvalue weighted by Crippen LogP contribution is 2.25. The summed E-state index contributed by atoms with van der Waals surface area (Å²) in [5, 5.41) is 9.78. The van der Waals surface area contributed by atoms with Crippen molar-refractivity contribution < 1.29 is 9.52 Å². The Labute approximate surface area is 121 Å². The van der Waals surface area contributed by atoms with Crippen LogP contribution in [-0.2, 0) is 0 Å². The smallest absolute Gasteiger partial charge is 0.312 e. The van der Waals surface area contributed by atoms with Crippen molar-refractivity contribution in [3.05, 3.63) is 59.9 Å². The first-order chi connectivity index (χ1) is 10.2. The lowest BCUT2D eigenvalue weighted by Crippen LogP contribution is -1.84. The number of aromatic nitrogens is 2. The van der Waals surface area contributed by atoms with Crippen molar-refractivity contribution in [2.24, 2.45) is 4.99 Å². The van der Waals surface area contributed by atoms with Crippen LogP contribution in [0.15, 0.2) is 57.9 Å². The minimum Gasteiger partial charge on any atom is -0.479 e. The zero-order valence-corrected chi connectivity index (χ0v) is 11.4. The van der Waals surface area contributed by atoms with E-state index < -0.39 is 0 Å². The Morgan fingerprint density at radius 3 is 2.62 bits per heavy atom. The summed E-state index contributed by atoms with van der Waals surface area (Å²) in [6.07, 6.45) is 1.44. The number of benzene rings is 1. The van der Waals surface area contributed by atoms with E-state index in [1.54, 1.807) is 6.07 Å². The van der Waals surface area contributed by atoms with Crippen molar-refractivity contribution in [3.63, 3.8) is 0 Å². The minimum absolute atomic E-state index is 0.259. The fourth-order valence-electron chi connectivity index (χ4n) is 1.84. The number of oxazole rings is 1. The molecule has 0 aliphatic rings. The largest absolute Gasteiger partial charge is 0.479 e. The Balaban J connectivity index is 1.88. The topological polar surface area (TPSA) is 71.5 Å². The van der Waals surface area contributed by atoms with Crippen LogP contribution in [0.5, 0.6) is 5.95 Å².